The average molecular weight is 302 g/mol. The van der Waals surface area contributed by atoms with Gasteiger partial charge < -0.3 is 0 Å². The van der Waals surface area contributed by atoms with Crippen LogP contribution in [0, 0.1) is 21.8 Å². The Kier molecular flexibility index (Phi) is 3.46. The molecule has 1 amide bonds. The molecule has 1 aromatic carbocycles. The lowest BCUT2D eigenvalue weighted by atomic mass is 10.2. The van der Waals surface area contributed by atoms with Crippen molar-refractivity contribution in [3.63, 3.8) is 0 Å². The van der Waals surface area contributed by atoms with Gasteiger partial charge in [0.2, 0.25) is 11.7 Å². The summed E-state index contributed by atoms with van der Waals surface area (Å²) in [6.07, 6.45) is 0.106. The second kappa shape index (κ2) is 4.82. The lowest BCUT2D eigenvalue weighted by Gasteiger charge is -2.16. The van der Waals surface area contributed by atoms with Crippen LogP contribution in [0.3, 0.4) is 0 Å². The van der Waals surface area contributed by atoms with E-state index in [1.807, 2.05) is 0 Å². The summed E-state index contributed by atoms with van der Waals surface area (Å²) in [6.45, 7) is 1.75. The summed E-state index contributed by atoms with van der Waals surface area (Å²) in [4.78, 5) is 20.7. The van der Waals surface area contributed by atoms with Crippen molar-refractivity contribution in [2.24, 2.45) is 5.92 Å². The Morgan fingerprint density at radius 1 is 1.45 bits per heavy atom. The fourth-order valence-electron chi connectivity index (χ4n) is 2.00. The van der Waals surface area contributed by atoms with Crippen LogP contribution >= 0.6 is 0 Å². The maximum absolute atomic E-state index is 13.5. The van der Waals surface area contributed by atoms with Crippen LogP contribution in [0.25, 0.3) is 0 Å². The molecule has 0 saturated carbocycles. The standard InChI is InChI=1S/C11H11FN2O5S/c1-7-4-11(15)13(6-7)20(18,19)8-2-3-10(14(16)17)9(12)5-8/h2-3,5,7H,4,6H2,1H3. The molecule has 1 unspecified atom stereocenters. The van der Waals surface area contributed by atoms with Gasteiger partial charge in [-0.3, -0.25) is 14.9 Å². The zero-order valence-electron chi connectivity index (χ0n) is 10.4. The van der Waals surface area contributed by atoms with Gasteiger partial charge in [0, 0.05) is 25.1 Å². The Morgan fingerprint density at radius 3 is 2.55 bits per heavy atom. The maximum Gasteiger partial charge on any atom is 0.304 e. The van der Waals surface area contributed by atoms with Gasteiger partial charge in [-0.2, -0.15) is 4.39 Å². The first-order chi connectivity index (χ1) is 9.23. The smallest absolute Gasteiger partial charge is 0.274 e. The first-order valence-electron chi connectivity index (χ1n) is 5.73. The van der Waals surface area contributed by atoms with Gasteiger partial charge in [-0.1, -0.05) is 6.92 Å². The lowest BCUT2D eigenvalue weighted by Crippen LogP contribution is -2.32. The maximum atomic E-state index is 13.5. The fourth-order valence-corrected chi connectivity index (χ4v) is 3.55. The second-order valence-electron chi connectivity index (χ2n) is 4.61. The van der Waals surface area contributed by atoms with Crippen molar-refractivity contribution in [1.29, 1.82) is 0 Å². The first kappa shape index (κ1) is 14.4. The normalized spacial score (nSPS) is 19.4. The summed E-state index contributed by atoms with van der Waals surface area (Å²) < 4.78 is 38.5. The van der Waals surface area contributed by atoms with Crippen LogP contribution < -0.4 is 0 Å². The molecular weight excluding hydrogens is 291 g/mol. The molecule has 108 valence electrons. The van der Waals surface area contributed by atoms with Gasteiger partial charge in [-0.05, 0) is 12.0 Å². The van der Waals surface area contributed by atoms with Crippen molar-refractivity contribution in [2.45, 2.75) is 18.2 Å². The number of nitro groups is 1. The van der Waals surface area contributed by atoms with Gasteiger partial charge in [-0.15, -0.1) is 0 Å². The van der Waals surface area contributed by atoms with Crippen LogP contribution in [0.5, 0.6) is 0 Å². The molecule has 0 radical (unpaired) electrons. The van der Waals surface area contributed by atoms with Crippen LogP contribution in [0.15, 0.2) is 23.1 Å². The number of carbonyl (C=O) groups excluding carboxylic acids is 1. The highest BCUT2D eigenvalue weighted by Crippen LogP contribution is 2.27. The Balaban J connectivity index is 2.43. The molecule has 0 aromatic heterocycles. The van der Waals surface area contributed by atoms with Crippen LogP contribution in [-0.4, -0.2) is 30.1 Å². The Hall–Kier alpha value is -2.03. The number of benzene rings is 1. The van der Waals surface area contributed by atoms with Gasteiger partial charge in [0.1, 0.15) is 0 Å². The van der Waals surface area contributed by atoms with Gasteiger partial charge in [0.15, 0.2) is 0 Å². The van der Waals surface area contributed by atoms with E-state index in [0.29, 0.717) is 10.4 Å². The monoisotopic (exact) mass is 302 g/mol. The van der Waals surface area contributed by atoms with Crippen molar-refractivity contribution in [3.8, 4) is 0 Å². The average Bonchev–Trinajstić information content (AvgIpc) is 2.68. The summed E-state index contributed by atoms with van der Waals surface area (Å²) in [7, 11) is -4.16. The Morgan fingerprint density at radius 2 is 2.10 bits per heavy atom. The van der Waals surface area contributed by atoms with Crippen molar-refractivity contribution in [2.75, 3.05) is 6.54 Å². The van der Waals surface area contributed by atoms with E-state index in [0.717, 1.165) is 12.1 Å². The highest BCUT2D eigenvalue weighted by Gasteiger charge is 2.37. The van der Waals surface area contributed by atoms with E-state index < -0.39 is 37.3 Å². The van der Waals surface area contributed by atoms with E-state index in [1.165, 1.54) is 0 Å². The molecule has 9 heteroatoms. The van der Waals surface area contributed by atoms with Gasteiger partial charge in [0.25, 0.3) is 10.0 Å². The molecule has 1 aromatic rings. The summed E-state index contributed by atoms with van der Waals surface area (Å²) in [5.74, 6) is -1.92. The summed E-state index contributed by atoms with van der Waals surface area (Å²) in [6, 6.07) is 2.25. The molecule has 1 fully saturated rings. The predicted octanol–water partition coefficient (Wildman–Crippen LogP) is 1.29. The SMILES string of the molecule is CC1CC(=O)N(S(=O)(=O)c2ccc([N+](=O)[O-])c(F)c2)C1. The number of nitrogens with zero attached hydrogens (tertiary/aromatic N) is 2. The number of hydrogen-bond acceptors (Lipinski definition) is 5. The number of carbonyl (C=O) groups is 1. The molecule has 1 heterocycles. The molecule has 0 bridgehead atoms. The topological polar surface area (TPSA) is 97.6 Å². The minimum absolute atomic E-state index is 0.0276. The van der Waals surface area contributed by atoms with Crippen LogP contribution in [0.4, 0.5) is 10.1 Å². The second-order valence-corrected chi connectivity index (χ2v) is 6.47. The zero-order valence-corrected chi connectivity index (χ0v) is 11.3. The number of sulfonamides is 1. The molecule has 7 nitrogen and oxygen atoms in total. The molecule has 1 saturated heterocycles. The number of hydrogen-bond donors (Lipinski definition) is 0. The molecule has 1 atom stereocenters. The van der Waals surface area contributed by atoms with E-state index >= 15 is 0 Å². The van der Waals surface area contributed by atoms with Crippen LogP contribution in [-0.2, 0) is 14.8 Å². The summed E-state index contributed by atoms with van der Waals surface area (Å²) >= 11 is 0. The van der Waals surface area contributed by atoms with Gasteiger partial charge in [0.05, 0.1) is 9.82 Å². The van der Waals surface area contributed by atoms with Crippen molar-refractivity contribution in [1.82, 2.24) is 4.31 Å². The Labute approximate surface area is 114 Å². The van der Waals surface area contributed by atoms with Crippen molar-refractivity contribution in [3.05, 3.63) is 34.1 Å². The van der Waals surface area contributed by atoms with E-state index in [2.05, 4.69) is 0 Å². The quantitative estimate of drug-likeness (QED) is 0.619. The third kappa shape index (κ3) is 2.36. The molecular formula is C11H11FN2O5S. The minimum Gasteiger partial charge on any atom is -0.274 e. The molecule has 2 rings (SSSR count). The largest absolute Gasteiger partial charge is 0.304 e. The molecule has 20 heavy (non-hydrogen) atoms. The molecule has 0 spiro atoms. The van der Waals surface area contributed by atoms with E-state index in [-0.39, 0.29) is 18.9 Å². The molecule has 0 aliphatic carbocycles. The molecule has 1 aliphatic heterocycles. The zero-order chi connectivity index (χ0) is 15.1. The van der Waals surface area contributed by atoms with Gasteiger partial charge >= 0.3 is 5.69 Å². The third-order valence-corrected chi connectivity index (χ3v) is 4.77. The number of nitro benzene ring substituents is 1. The highest BCUT2D eigenvalue weighted by molar-refractivity contribution is 7.89. The summed E-state index contributed by atoms with van der Waals surface area (Å²) in [5.41, 5.74) is -0.815. The number of amides is 1. The van der Waals surface area contributed by atoms with Crippen LogP contribution in [0.2, 0.25) is 0 Å². The highest BCUT2D eigenvalue weighted by atomic mass is 32.2. The van der Waals surface area contributed by atoms with Crippen molar-refractivity contribution >= 4 is 21.6 Å². The van der Waals surface area contributed by atoms with Gasteiger partial charge in [-0.25, -0.2) is 12.7 Å². The minimum atomic E-state index is -4.16. The first-order valence-corrected chi connectivity index (χ1v) is 7.17. The lowest BCUT2D eigenvalue weighted by molar-refractivity contribution is -0.387. The molecule has 1 aliphatic rings. The fraction of sp³-hybridized carbons (Fsp3) is 0.364. The number of halogens is 1. The predicted molar refractivity (Wildman–Crippen MR) is 65.7 cm³/mol. The molecule has 0 N–H and O–H groups in total. The van der Waals surface area contributed by atoms with Crippen molar-refractivity contribution < 1.29 is 22.5 Å². The summed E-state index contributed by atoms with van der Waals surface area (Å²) in [5, 5.41) is 10.5. The van der Waals surface area contributed by atoms with E-state index in [1.54, 1.807) is 6.92 Å². The van der Waals surface area contributed by atoms with E-state index in [4.69, 9.17) is 0 Å². The van der Waals surface area contributed by atoms with E-state index in [9.17, 15) is 27.7 Å². The third-order valence-electron chi connectivity index (χ3n) is 2.98. The number of rotatable bonds is 3. The van der Waals surface area contributed by atoms with Crippen LogP contribution in [0.1, 0.15) is 13.3 Å². The Bertz CT molecular complexity index is 688.